The zero-order chi connectivity index (χ0) is 17.4. The van der Waals surface area contributed by atoms with Gasteiger partial charge in [0.2, 0.25) is 5.91 Å². The highest BCUT2D eigenvalue weighted by Gasteiger charge is 2.36. The van der Waals surface area contributed by atoms with Crippen molar-refractivity contribution in [2.24, 2.45) is 0 Å². The van der Waals surface area contributed by atoms with Crippen molar-refractivity contribution >= 4 is 38.1 Å². The molecule has 1 aromatic carbocycles. The van der Waals surface area contributed by atoms with E-state index >= 15 is 0 Å². The van der Waals surface area contributed by atoms with Crippen LogP contribution >= 0.6 is 11.3 Å². The molecule has 1 aromatic heterocycles. The number of carbonyl (C=O) groups excluding carboxylic acids is 1. The Balaban J connectivity index is 0.00000131. The van der Waals surface area contributed by atoms with Crippen molar-refractivity contribution in [3.05, 3.63) is 35.8 Å². The van der Waals surface area contributed by atoms with Gasteiger partial charge in [-0.25, -0.2) is 13.4 Å². The highest BCUT2D eigenvalue weighted by molar-refractivity contribution is 7.93. The molecule has 1 aliphatic heterocycles. The van der Waals surface area contributed by atoms with Gasteiger partial charge in [-0.2, -0.15) is 0 Å². The van der Waals surface area contributed by atoms with Gasteiger partial charge in [0.25, 0.3) is 10.0 Å². The normalized spacial score (nSPS) is 20.9. The topological polar surface area (TPSA) is 91.4 Å². The van der Waals surface area contributed by atoms with Gasteiger partial charge in [0.15, 0.2) is 5.13 Å². The first-order valence-corrected chi connectivity index (χ1v) is 10.5. The number of hydrogen-bond acceptors (Lipinski definition) is 6. The summed E-state index contributed by atoms with van der Waals surface area (Å²) >= 11 is 1.22. The van der Waals surface area contributed by atoms with Gasteiger partial charge < -0.3 is 10.2 Å². The van der Waals surface area contributed by atoms with E-state index < -0.39 is 10.0 Å². The van der Waals surface area contributed by atoms with Gasteiger partial charge in [-0.3, -0.25) is 9.52 Å². The predicted molar refractivity (Wildman–Crippen MR) is 103 cm³/mol. The van der Waals surface area contributed by atoms with Crippen molar-refractivity contribution in [3.8, 4) is 0 Å². The molecule has 0 unspecified atom stereocenters. The third kappa shape index (κ3) is 3.53. The second kappa shape index (κ2) is 6.40. The standard InChI is InChI=1S/C16H18N4O3S2.3H2/c21-15-14(18-11-1-2-11)7-9-20(15)12-3-5-13(6-4-12)25(22,23)19-16-17-8-10-24-16;;;/h3-6,8,10-11,14,18H,1-2,7,9H2,(H,17,19);3*1H/t14-;;;/m0.../s1. The van der Waals surface area contributed by atoms with Crippen LogP contribution in [0.3, 0.4) is 0 Å². The van der Waals surface area contributed by atoms with Gasteiger partial charge in [-0.1, -0.05) is 0 Å². The number of aromatic nitrogens is 1. The maximum absolute atomic E-state index is 12.5. The molecule has 1 saturated carbocycles. The third-order valence-corrected chi connectivity index (χ3v) is 6.51. The molecule has 2 aliphatic rings. The minimum atomic E-state index is -3.67. The Morgan fingerprint density at radius 2 is 1.96 bits per heavy atom. The maximum atomic E-state index is 12.5. The van der Waals surface area contributed by atoms with Crippen LogP contribution in [0, 0.1) is 0 Å². The number of nitrogens with zero attached hydrogens (tertiary/aromatic N) is 2. The van der Waals surface area contributed by atoms with Gasteiger partial charge in [0, 0.05) is 34.1 Å². The molecule has 1 saturated heterocycles. The lowest BCUT2D eigenvalue weighted by Crippen LogP contribution is -2.39. The van der Waals surface area contributed by atoms with Crippen molar-refractivity contribution in [1.82, 2.24) is 10.3 Å². The van der Waals surface area contributed by atoms with Gasteiger partial charge in [0.05, 0.1) is 10.9 Å². The molecule has 2 N–H and O–H groups in total. The maximum Gasteiger partial charge on any atom is 0.263 e. The van der Waals surface area contributed by atoms with Gasteiger partial charge >= 0.3 is 0 Å². The Kier molecular flexibility index (Phi) is 4.22. The van der Waals surface area contributed by atoms with E-state index in [1.807, 2.05) is 0 Å². The van der Waals surface area contributed by atoms with Gasteiger partial charge in [0.1, 0.15) is 0 Å². The monoisotopic (exact) mass is 384 g/mol. The van der Waals surface area contributed by atoms with Crippen LogP contribution in [-0.2, 0) is 14.8 Å². The fourth-order valence-electron chi connectivity index (χ4n) is 2.88. The zero-order valence-electron chi connectivity index (χ0n) is 13.4. The summed E-state index contributed by atoms with van der Waals surface area (Å²) in [6.45, 7) is 0.646. The van der Waals surface area contributed by atoms with Crippen LogP contribution < -0.4 is 14.9 Å². The molecule has 9 heteroatoms. The Hall–Kier alpha value is -1.97. The quantitative estimate of drug-likeness (QED) is 0.799. The zero-order valence-corrected chi connectivity index (χ0v) is 15.0. The van der Waals surface area contributed by atoms with Crippen LogP contribution in [0.4, 0.5) is 10.8 Å². The lowest BCUT2D eigenvalue weighted by atomic mass is 10.2. The van der Waals surface area contributed by atoms with E-state index in [0.29, 0.717) is 17.7 Å². The Morgan fingerprint density at radius 1 is 1.20 bits per heavy atom. The van der Waals surface area contributed by atoms with Crippen LogP contribution in [0.25, 0.3) is 0 Å². The SMILES string of the molecule is O=C1[C@@H](NC2CC2)CCN1c1ccc(S(=O)(=O)Nc2nccs2)cc1.[HH].[HH].[HH]. The predicted octanol–water partition coefficient (Wildman–Crippen LogP) is 2.54. The number of hydrogen-bond donors (Lipinski definition) is 2. The molecule has 7 nitrogen and oxygen atoms in total. The Morgan fingerprint density at radius 3 is 2.60 bits per heavy atom. The van der Waals surface area contributed by atoms with Gasteiger partial charge in [-0.15, -0.1) is 11.3 Å². The van der Waals surface area contributed by atoms with E-state index in [4.69, 9.17) is 0 Å². The highest BCUT2D eigenvalue weighted by atomic mass is 32.2. The number of benzene rings is 1. The number of thiazole rings is 1. The number of sulfonamides is 1. The average Bonchev–Trinajstić information content (AvgIpc) is 3.14. The van der Waals surface area contributed by atoms with E-state index in [2.05, 4.69) is 15.0 Å². The second-order valence-corrected chi connectivity index (χ2v) is 8.79. The van der Waals surface area contributed by atoms with Crippen LogP contribution in [0.15, 0.2) is 40.7 Å². The van der Waals surface area contributed by atoms with E-state index in [1.54, 1.807) is 22.4 Å². The molecule has 2 fully saturated rings. The largest absolute Gasteiger partial charge is 0.311 e. The summed E-state index contributed by atoms with van der Waals surface area (Å²) in [5, 5.41) is 5.39. The van der Waals surface area contributed by atoms with Crippen molar-refractivity contribution < 1.29 is 17.5 Å². The van der Waals surface area contributed by atoms with E-state index in [-0.39, 0.29) is 21.1 Å². The Labute approximate surface area is 154 Å². The summed E-state index contributed by atoms with van der Waals surface area (Å²) in [7, 11) is -3.67. The fourth-order valence-corrected chi connectivity index (χ4v) is 4.67. The minimum absolute atomic E-state index is 0. The van der Waals surface area contributed by atoms with Crippen molar-refractivity contribution in [2.75, 3.05) is 16.2 Å². The van der Waals surface area contributed by atoms with Crippen molar-refractivity contribution in [3.63, 3.8) is 0 Å². The number of nitrogens with one attached hydrogen (secondary N) is 2. The molecule has 25 heavy (non-hydrogen) atoms. The summed E-state index contributed by atoms with van der Waals surface area (Å²) in [6.07, 6.45) is 4.60. The van der Waals surface area contributed by atoms with Crippen LogP contribution in [0.5, 0.6) is 0 Å². The lowest BCUT2D eigenvalue weighted by molar-refractivity contribution is -0.118. The lowest BCUT2D eigenvalue weighted by Gasteiger charge is -2.17. The summed E-state index contributed by atoms with van der Waals surface area (Å²) < 4.78 is 27.1. The molecule has 1 amide bonds. The molecule has 4 rings (SSSR count). The molecule has 2 aromatic rings. The molecule has 1 atom stereocenters. The molecule has 0 radical (unpaired) electrons. The summed E-state index contributed by atoms with van der Waals surface area (Å²) in [4.78, 5) is 18.3. The number of amides is 1. The molecular formula is C16H24N4O3S2. The molecular weight excluding hydrogens is 360 g/mol. The molecule has 1 aliphatic carbocycles. The smallest absolute Gasteiger partial charge is 0.263 e. The fraction of sp³-hybridized carbons (Fsp3) is 0.375. The molecule has 0 spiro atoms. The van der Waals surface area contributed by atoms with Crippen molar-refractivity contribution in [2.45, 2.75) is 36.2 Å². The molecule has 138 valence electrons. The highest BCUT2D eigenvalue weighted by Crippen LogP contribution is 2.27. The van der Waals surface area contributed by atoms with Crippen LogP contribution in [0.2, 0.25) is 0 Å². The van der Waals surface area contributed by atoms with Gasteiger partial charge in [-0.05, 0) is 43.5 Å². The molecule has 0 bridgehead atoms. The number of rotatable bonds is 6. The average molecular weight is 385 g/mol. The minimum Gasteiger partial charge on any atom is -0.311 e. The first-order valence-electron chi connectivity index (χ1n) is 8.13. The number of anilines is 2. The first kappa shape index (κ1) is 16.5. The van der Waals surface area contributed by atoms with Crippen molar-refractivity contribution in [1.29, 1.82) is 0 Å². The second-order valence-electron chi connectivity index (χ2n) is 6.21. The Bertz CT molecular complexity index is 875. The van der Waals surface area contributed by atoms with E-state index in [0.717, 1.165) is 24.9 Å². The summed E-state index contributed by atoms with van der Waals surface area (Å²) in [5.41, 5.74) is 0.721. The van der Waals surface area contributed by atoms with Crippen LogP contribution in [0.1, 0.15) is 23.5 Å². The third-order valence-electron chi connectivity index (χ3n) is 4.33. The molecule has 2 heterocycles. The summed E-state index contributed by atoms with van der Waals surface area (Å²) in [5.74, 6) is 0.0587. The number of carbonyl (C=O) groups is 1. The van der Waals surface area contributed by atoms with E-state index in [9.17, 15) is 13.2 Å². The summed E-state index contributed by atoms with van der Waals surface area (Å²) in [6, 6.07) is 6.74. The van der Waals surface area contributed by atoms with E-state index in [1.165, 1.54) is 29.7 Å². The first-order chi connectivity index (χ1) is 12.0. The van der Waals surface area contributed by atoms with Crippen LogP contribution in [-0.4, -0.2) is 37.9 Å².